The highest BCUT2D eigenvalue weighted by Crippen LogP contribution is 2.28. The number of guanidine groups is 1. The number of piperazine rings is 1. The van der Waals surface area contributed by atoms with Crippen LogP contribution in [0.2, 0.25) is 0 Å². The molecule has 168 valence electrons. The Morgan fingerprint density at radius 2 is 2.13 bits per heavy atom. The highest BCUT2D eigenvalue weighted by Gasteiger charge is 2.29. The molecule has 31 heavy (non-hydrogen) atoms. The number of carboxylic acids is 1. The summed E-state index contributed by atoms with van der Waals surface area (Å²) in [5.41, 5.74) is 14.6. The normalized spacial score (nSPS) is 18.1. The summed E-state index contributed by atoms with van der Waals surface area (Å²) in [5, 5.41) is 25.8. The van der Waals surface area contributed by atoms with Gasteiger partial charge in [0.1, 0.15) is 17.8 Å². The van der Waals surface area contributed by atoms with Crippen LogP contribution in [0.3, 0.4) is 0 Å². The third-order valence-electron chi connectivity index (χ3n) is 4.48. The summed E-state index contributed by atoms with van der Waals surface area (Å²) in [4.78, 5) is 38.1. The van der Waals surface area contributed by atoms with Gasteiger partial charge in [0.2, 0.25) is 5.91 Å². The zero-order valence-electron chi connectivity index (χ0n) is 16.8. The number of phenols is 1. The van der Waals surface area contributed by atoms with E-state index in [-0.39, 0.29) is 42.1 Å². The van der Waals surface area contributed by atoms with Crippen LogP contribution in [-0.2, 0) is 14.4 Å². The van der Waals surface area contributed by atoms with E-state index in [1.165, 1.54) is 24.3 Å². The molecule has 2 atom stereocenters. The van der Waals surface area contributed by atoms with Gasteiger partial charge in [-0.25, -0.2) is 0 Å². The quantitative estimate of drug-likeness (QED) is 0.0811. The Bertz CT molecular complexity index is 896. The summed E-state index contributed by atoms with van der Waals surface area (Å²) >= 11 is 0. The highest BCUT2D eigenvalue weighted by atomic mass is 16.5. The van der Waals surface area contributed by atoms with Crippen molar-refractivity contribution in [1.29, 1.82) is 0 Å². The maximum Gasteiger partial charge on any atom is 0.338 e. The van der Waals surface area contributed by atoms with Crippen LogP contribution in [0.15, 0.2) is 23.9 Å². The summed E-state index contributed by atoms with van der Waals surface area (Å²) in [7, 11) is 0. The molecular weight excluding hydrogens is 408 g/mol. The van der Waals surface area contributed by atoms with Crippen molar-refractivity contribution < 1.29 is 40.1 Å². The van der Waals surface area contributed by atoms with Gasteiger partial charge in [-0.2, -0.15) is 0 Å². The van der Waals surface area contributed by atoms with E-state index in [4.69, 9.17) is 16.2 Å². The molecule has 1 saturated heterocycles. The maximum absolute atomic E-state index is 12.4. The zero-order chi connectivity index (χ0) is 23.0. The molecule has 1 aromatic carbocycles. The van der Waals surface area contributed by atoms with Crippen LogP contribution < -0.4 is 42.7 Å². The number of carbonyl (C=O) groups is 3. The number of nitrogens with one attached hydrogen (secondary N) is 3. The van der Waals surface area contributed by atoms with Crippen molar-refractivity contribution in [2.45, 2.75) is 31.3 Å². The van der Waals surface area contributed by atoms with Crippen LogP contribution in [-0.4, -0.2) is 54.1 Å². The Hall–Kier alpha value is -3.80. The van der Waals surface area contributed by atoms with Crippen molar-refractivity contribution in [3.8, 4) is 11.5 Å². The number of hydrogen-bond acceptors (Lipinski definition) is 6. The number of amides is 2. The first-order chi connectivity index (χ1) is 14.7. The van der Waals surface area contributed by atoms with Gasteiger partial charge < -0.3 is 36.1 Å². The summed E-state index contributed by atoms with van der Waals surface area (Å²) < 4.78 is 5.40. The van der Waals surface area contributed by atoms with E-state index < -0.39 is 24.0 Å². The number of aromatic hydroxyl groups is 1. The van der Waals surface area contributed by atoms with Crippen molar-refractivity contribution in [2.24, 2.45) is 11.5 Å². The topological polar surface area (TPSA) is 221 Å². The van der Waals surface area contributed by atoms with Crippen LogP contribution in [0.1, 0.15) is 24.8 Å². The monoisotopic (exact) mass is 435 g/mol. The molecule has 2 rings (SSSR count). The first kappa shape index (κ1) is 23.5. The fourth-order valence-electron chi connectivity index (χ4n) is 2.75. The molecule has 12 heteroatoms. The van der Waals surface area contributed by atoms with Crippen molar-refractivity contribution in [2.75, 3.05) is 13.2 Å². The second-order valence-corrected chi connectivity index (χ2v) is 6.98. The van der Waals surface area contributed by atoms with Gasteiger partial charge in [0.05, 0.1) is 19.1 Å². The van der Waals surface area contributed by atoms with Crippen molar-refractivity contribution in [3.63, 3.8) is 0 Å². The number of carboxylic acid groups (broad SMARTS) is 1. The van der Waals surface area contributed by atoms with Crippen LogP contribution in [0.25, 0.3) is 6.08 Å². The number of carbonyl (C=O) groups excluding carboxylic acids is 3. The Kier molecular flexibility index (Phi) is 8.20. The largest absolute Gasteiger partial charge is 0.544 e. The molecule has 1 aromatic rings. The van der Waals surface area contributed by atoms with Crippen LogP contribution >= 0.6 is 0 Å². The molecule has 0 saturated carbocycles. The number of hydrogen-bond donors (Lipinski definition) is 7. The molecule has 0 aliphatic carbocycles. The van der Waals surface area contributed by atoms with E-state index in [0.29, 0.717) is 24.9 Å². The average Bonchev–Trinajstić information content (AvgIpc) is 2.70. The van der Waals surface area contributed by atoms with Crippen LogP contribution in [0.5, 0.6) is 11.5 Å². The number of aliphatic carboxylic acids is 1. The van der Waals surface area contributed by atoms with Crippen LogP contribution in [0.4, 0.5) is 0 Å². The fraction of sp³-hybridized carbons (Fsp3) is 0.368. The Morgan fingerprint density at radius 1 is 1.39 bits per heavy atom. The molecule has 11 N–H and O–H groups in total. The molecule has 2 amide bonds. The van der Waals surface area contributed by atoms with Gasteiger partial charge in [0.15, 0.2) is 11.5 Å². The molecule has 0 spiro atoms. The smallest absolute Gasteiger partial charge is 0.338 e. The van der Waals surface area contributed by atoms with E-state index in [0.717, 1.165) is 0 Å². The standard InChI is InChI=1S/C19H26N6O6/c20-11(18(29)30)5-7-31-15-9-10(3-4-14(15)26)8-13-17(28)24-12(16(27)25-13)2-1-6-23-19(21)22/h3-4,8-9,11-12,26H,1-2,5-7,20H2,(H,24,28)(H,25,27)(H,29,30)(H4,21,22,23)/p+1/b13-8-/t11-,12-/m0/s1. The average molecular weight is 435 g/mol. The molecule has 0 unspecified atom stereocenters. The lowest BCUT2D eigenvalue weighted by molar-refractivity contribution is -0.459. The lowest BCUT2D eigenvalue weighted by atomic mass is 10.1. The molecule has 0 bridgehead atoms. The zero-order valence-corrected chi connectivity index (χ0v) is 16.8. The minimum absolute atomic E-state index is 0.00292. The SMILES string of the molecule is NC(N)=[NH+]CCC[C@@H]1NC(=O)/C(=C/c2ccc(O)c(OCC[C@H]([NH3+])C(=O)[O-])c2)NC1=O. The summed E-state index contributed by atoms with van der Waals surface area (Å²) in [6.45, 7) is 0.468. The predicted octanol–water partition coefficient (Wildman–Crippen LogP) is -5.39. The number of nitrogens with two attached hydrogens (primary N) is 2. The van der Waals surface area contributed by atoms with E-state index in [9.17, 15) is 24.6 Å². The predicted molar refractivity (Wildman–Crippen MR) is 106 cm³/mol. The van der Waals surface area contributed by atoms with Gasteiger partial charge in [0.25, 0.3) is 5.91 Å². The highest BCUT2D eigenvalue weighted by molar-refractivity contribution is 6.07. The van der Waals surface area contributed by atoms with Gasteiger partial charge >= 0.3 is 5.96 Å². The molecule has 1 aliphatic rings. The third-order valence-corrected chi connectivity index (χ3v) is 4.48. The van der Waals surface area contributed by atoms with Gasteiger partial charge in [0, 0.05) is 6.42 Å². The molecule has 1 fully saturated rings. The summed E-state index contributed by atoms with van der Waals surface area (Å²) in [6, 6.07) is 2.74. The summed E-state index contributed by atoms with van der Waals surface area (Å²) in [5.74, 6) is -2.06. The molecule has 1 heterocycles. The van der Waals surface area contributed by atoms with Crippen molar-refractivity contribution in [3.05, 3.63) is 29.5 Å². The summed E-state index contributed by atoms with van der Waals surface area (Å²) in [6.07, 6.45) is 2.51. The number of quaternary nitrogens is 1. The van der Waals surface area contributed by atoms with E-state index >= 15 is 0 Å². The van der Waals surface area contributed by atoms with E-state index in [1.54, 1.807) is 0 Å². The van der Waals surface area contributed by atoms with Gasteiger partial charge in [-0.3, -0.25) is 26.0 Å². The molecule has 12 nitrogen and oxygen atoms in total. The second-order valence-electron chi connectivity index (χ2n) is 6.98. The van der Waals surface area contributed by atoms with Crippen molar-refractivity contribution >= 4 is 29.8 Å². The van der Waals surface area contributed by atoms with Gasteiger partial charge in [-0.15, -0.1) is 0 Å². The molecule has 1 aliphatic heterocycles. The second kappa shape index (κ2) is 10.8. The van der Waals surface area contributed by atoms with Crippen LogP contribution in [0, 0.1) is 0 Å². The molecular formula is C19H27N6O6+. The number of phenolic OH excluding ortho intramolecular Hbond substituents is 1. The minimum atomic E-state index is -1.29. The number of ether oxygens (including phenoxy) is 1. The lowest BCUT2D eigenvalue weighted by Gasteiger charge is -2.25. The van der Waals surface area contributed by atoms with Crippen molar-refractivity contribution in [1.82, 2.24) is 10.6 Å². The first-order valence-electron chi connectivity index (χ1n) is 9.62. The number of rotatable bonds is 10. The lowest BCUT2D eigenvalue weighted by Crippen LogP contribution is -2.78. The minimum Gasteiger partial charge on any atom is -0.544 e. The van der Waals surface area contributed by atoms with Gasteiger partial charge in [-0.05, 0) is 36.6 Å². The molecule has 0 aromatic heterocycles. The molecule has 0 radical (unpaired) electrons. The van der Waals surface area contributed by atoms with Gasteiger partial charge in [-0.1, -0.05) is 6.07 Å². The third kappa shape index (κ3) is 7.19. The number of benzene rings is 1. The Morgan fingerprint density at radius 3 is 2.81 bits per heavy atom. The maximum atomic E-state index is 12.4. The van der Waals surface area contributed by atoms with E-state index in [1.807, 2.05) is 0 Å². The Labute approximate surface area is 178 Å². The van der Waals surface area contributed by atoms with E-state index in [2.05, 4.69) is 21.4 Å². The Balaban J connectivity index is 2.00. The first-order valence-corrected chi connectivity index (χ1v) is 9.62. The fourth-order valence-corrected chi connectivity index (χ4v) is 2.75.